The van der Waals surface area contributed by atoms with Gasteiger partial charge in [0.25, 0.3) is 0 Å². The highest BCUT2D eigenvalue weighted by Gasteiger charge is 2.77. The lowest BCUT2D eigenvalue weighted by atomic mass is 9.44. The van der Waals surface area contributed by atoms with Crippen molar-refractivity contribution in [2.75, 3.05) is 6.61 Å². The zero-order valence-corrected chi connectivity index (χ0v) is 34.4. The van der Waals surface area contributed by atoms with Gasteiger partial charge >= 0.3 is 11.9 Å². The van der Waals surface area contributed by atoms with E-state index < -0.39 is 112 Å². The summed E-state index contributed by atoms with van der Waals surface area (Å²) in [5, 5.41) is 62.0. The molecule has 6 rings (SSSR count). The number of amides is 1. The average Bonchev–Trinajstić information content (AvgIpc) is 3.17. The van der Waals surface area contributed by atoms with Crippen LogP contribution in [0.15, 0.2) is 71.8 Å². The Labute approximate surface area is 342 Å². The van der Waals surface area contributed by atoms with Gasteiger partial charge in [-0.05, 0) is 50.0 Å². The van der Waals surface area contributed by atoms with Crippen LogP contribution in [-0.4, -0.2) is 115 Å². The van der Waals surface area contributed by atoms with Crippen LogP contribution in [0.3, 0.4) is 0 Å². The van der Waals surface area contributed by atoms with E-state index in [1.165, 1.54) is 27.7 Å². The zero-order chi connectivity index (χ0) is 42.7. The normalized spacial score (nSPS) is 35.3. The molecule has 15 heteroatoms. The van der Waals surface area contributed by atoms with Crippen LogP contribution < -0.4 is 5.32 Å². The summed E-state index contributed by atoms with van der Waals surface area (Å²) in [5.41, 5.74) is -5.84. The molecular weight excluding hydrogens is 774 g/mol. The van der Waals surface area contributed by atoms with Crippen molar-refractivity contribution < 1.29 is 63.7 Å². The Morgan fingerprint density at radius 2 is 1.64 bits per heavy atom. The quantitative estimate of drug-likeness (QED) is 0.109. The maximum atomic E-state index is 15.0. The molecule has 2 bridgehead atoms. The third-order valence-corrected chi connectivity index (χ3v) is 13.9. The lowest BCUT2D eigenvalue weighted by molar-refractivity contribution is -0.351. The van der Waals surface area contributed by atoms with Crippen molar-refractivity contribution in [3.05, 3.63) is 82.9 Å². The highest BCUT2D eigenvalue weighted by Crippen LogP contribution is 2.64. The van der Waals surface area contributed by atoms with Crippen LogP contribution in [0.2, 0.25) is 0 Å². The van der Waals surface area contributed by atoms with Crippen molar-refractivity contribution in [3.63, 3.8) is 0 Å². The smallest absolute Gasteiger partial charge is 0.338 e. The second kappa shape index (κ2) is 15.7. The number of benzene rings is 2. The lowest BCUT2D eigenvalue weighted by Crippen LogP contribution is -2.81. The Balaban J connectivity index is 1.47. The number of hydrogen-bond donors (Lipinski definition) is 6. The molecular formula is C43H54ClNO13. The van der Waals surface area contributed by atoms with Crippen molar-refractivity contribution in [1.29, 1.82) is 0 Å². The molecule has 0 radical (unpaired) electrons. The second-order valence-corrected chi connectivity index (χ2v) is 18.0. The minimum absolute atomic E-state index is 0.0231. The number of alkyl halides is 1. The molecule has 1 unspecified atom stereocenters. The third kappa shape index (κ3) is 6.98. The minimum Gasteiger partial charge on any atom is -0.456 e. The monoisotopic (exact) mass is 827 g/mol. The maximum Gasteiger partial charge on any atom is 0.338 e. The fourth-order valence-electron chi connectivity index (χ4n) is 9.67. The molecule has 13 atom stereocenters. The fraction of sp³-hybridized carbons (Fsp3) is 0.581. The number of ether oxygens (including phenoxy) is 4. The summed E-state index contributed by atoms with van der Waals surface area (Å²) in [6.07, 6.45) is -11.0. The van der Waals surface area contributed by atoms with Gasteiger partial charge in [-0.1, -0.05) is 74.5 Å². The number of carbonyl (C=O) groups is 4. The van der Waals surface area contributed by atoms with E-state index in [2.05, 4.69) is 5.32 Å². The van der Waals surface area contributed by atoms with E-state index in [1.54, 1.807) is 75.4 Å². The first-order valence-corrected chi connectivity index (χ1v) is 19.9. The minimum atomic E-state index is -2.14. The standard InChI is InChI=1S/C43H54ClNO13/c1-22-27(57-37(52)33(50)31(26-16-12-9-13-17-26)45-38(53)41(7,44)23(2)46)19-43(54)36(55-20-25-14-10-8-11-15-25)34-40(6,35(51)32(49)30(22)39(43,4)5)28(48)18-29-42(34,21-56-29)58-24(3)47/h8-17,23,27-29,31-34,36,46,48-50,54H,18-21H2,1-7H3,(H,45,53)/t23-,27-,28-,29?,31-,32+,33+,34-,36-,40+,41-,42-,43+/m0/s1. The van der Waals surface area contributed by atoms with Crippen molar-refractivity contribution in [3.8, 4) is 0 Å². The van der Waals surface area contributed by atoms with Gasteiger partial charge in [-0.25, -0.2) is 4.79 Å². The van der Waals surface area contributed by atoms with Crippen molar-refractivity contribution in [2.24, 2.45) is 16.7 Å². The first kappa shape index (κ1) is 43.8. The first-order chi connectivity index (χ1) is 27.0. The van der Waals surface area contributed by atoms with E-state index in [4.69, 9.17) is 30.5 Å². The SMILES string of the molecule is CC(=O)O[C@@]12COC1C[C@H](O)[C@@]1(C)C(=O)[C@H](O)C3=C(C)[C@@H](OC(=O)[C@H](O)[C@@H](NC(=O)[C@@](C)(Cl)[C@H](C)O)c4ccccc4)C[C@@](O)([C@@H](OCc4ccccc4)[C@@H]12)C3(C)C. The zero-order valence-electron chi connectivity index (χ0n) is 33.7. The second-order valence-electron chi connectivity index (χ2n) is 17.2. The largest absolute Gasteiger partial charge is 0.456 e. The number of hydrogen-bond acceptors (Lipinski definition) is 13. The molecule has 316 valence electrons. The van der Waals surface area contributed by atoms with E-state index in [-0.39, 0.29) is 30.8 Å². The number of aliphatic hydroxyl groups is 5. The number of halogens is 1. The number of nitrogens with one attached hydrogen (secondary N) is 1. The van der Waals surface area contributed by atoms with E-state index >= 15 is 0 Å². The van der Waals surface area contributed by atoms with E-state index in [0.717, 1.165) is 0 Å². The first-order valence-electron chi connectivity index (χ1n) is 19.5. The topological polar surface area (TPSA) is 218 Å². The number of rotatable bonds is 11. The summed E-state index contributed by atoms with van der Waals surface area (Å²) in [4.78, 5) is 53.4. The van der Waals surface area contributed by atoms with Gasteiger partial charge in [-0.2, -0.15) is 0 Å². The van der Waals surface area contributed by atoms with Crippen LogP contribution in [0.1, 0.15) is 78.5 Å². The summed E-state index contributed by atoms with van der Waals surface area (Å²) in [7, 11) is 0. The molecule has 0 aromatic heterocycles. The van der Waals surface area contributed by atoms with E-state index in [0.29, 0.717) is 11.1 Å². The average molecular weight is 828 g/mol. The third-order valence-electron chi connectivity index (χ3n) is 13.4. The molecule has 1 aliphatic heterocycles. The van der Waals surface area contributed by atoms with Crippen LogP contribution in [0.5, 0.6) is 0 Å². The molecule has 1 amide bonds. The summed E-state index contributed by atoms with van der Waals surface area (Å²) in [6, 6.07) is 15.7. The van der Waals surface area contributed by atoms with Gasteiger partial charge < -0.3 is 49.8 Å². The van der Waals surface area contributed by atoms with Crippen LogP contribution in [0.25, 0.3) is 0 Å². The Hall–Kier alpha value is -3.73. The lowest BCUT2D eigenvalue weighted by Gasteiger charge is -2.67. The molecule has 3 fully saturated rings. The van der Waals surface area contributed by atoms with Crippen molar-refractivity contribution in [2.45, 2.75) is 133 Å². The molecule has 14 nitrogen and oxygen atoms in total. The molecule has 4 aliphatic rings. The molecule has 1 saturated heterocycles. The number of ketones is 1. The molecule has 1 heterocycles. The van der Waals surface area contributed by atoms with Gasteiger partial charge in [0, 0.05) is 31.1 Å². The van der Waals surface area contributed by atoms with Crippen LogP contribution in [0, 0.1) is 16.7 Å². The molecule has 2 saturated carbocycles. The van der Waals surface area contributed by atoms with Gasteiger partial charge in [-0.15, -0.1) is 11.6 Å². The van der Waals surface area contributed by atoms with Gasteiger partial charge in [0.1, 0.15) is 28.8 Å². The molecule has 3 aliphatic carbocycles. The summed E-state index contributed by atoms with van der Waals surface area (Å²) in [6.45, 7) is 9.82. The fourth-order valence-corrected chi connectivity index (χ4v) is 9.72. The van der Waals surface area contributed by atoms with Crippen molar-refractivity contribution in [1.82, 2.24) is 5.32 Å². The van der Waals surface area contributed by atoms with Crippen LogP contribution >= 0.6 is 11.6 Å². The van der Waals surface area contributed by atoms with E-state index in [9.17, 15) is 44.7 Å². The maximum absolute atomic E-state index is 15.0. The highest BCUT2D eigenvalue weighted by atomic mass is 35.5. The van der Waals surface area contributed by atoms with Crippen molar-refractivity contribution >= 4 is 35.2 Å². The van der Waals surface area contributed by atoms with Gasteiger partial charge in [0.05, 0.1) is 43.0 Å². The molecule has 2 aromatic rings. The van der Waals surface area contributed by atoms with Gasteiger partial charge in [0.15, 0.2) is 17.5 Å². The van der Waals surface area contributed by atoms with Gasteiger partial charge in [-0.3, -0.25) is 14.4 Å². The number of esters is 2. The number of Topliss-reactive ketones (excluding diaryl/α,β-unsaturated/α-hetero) is 1. The predicted octanol–water partition coefficient (Wildman–Crippen LogP) is 2.59. The summed E-state index contributed by atoms with van der Waals surface area (Å²) >= 11 is 6.36. The molecule has 6 N–H and O–H groups in total. The van der Waals surface area contributed by atoms with E-state index in [1.807, 2.05) is 6.07 Å². The Morgan fingerprint density at radius 3 is 2.19 bits per heavy atom. The number of aliphatic hydroxyl groups excluding tert-OH is 4. The predicted molar refractivity (Wildman–Crippen MR) is 208 cm³/mol. The van der Waals surface area contributed by atoms with Crippen LogP contribution in [0.4, 0.5) is 0 Å². The Morgan fingerprint density at radius 1 is 1.03 bits per heavy atom. The number of carbonyl (C=O) groups excluding carboxylic acids is 4. The molecule has 2 aromatic carbocycles. The molecule has 58 heavy (non-hydrogen) atoms. The Kier molecular flexibility index (Phi) is 11.9. The summed E-state index contributed by atoms with van der Waals surface area (Å²) < 4.78 is 24.7. The molecule has 0 spiro atoms. The van der Waals surface area contributed by atoms with Crippen LogP contribution in [-0.2, 0) is 44.7 Å². The highest BCUT2D eigenvalue weighted by molar-refractivity contribution is 6.35. The van der Waals surface area contributed by atoms with Gasteiger partial charge in [0.2, 0.25) is 5.91 Å². The Bertz CT molecular complexity index is 1940. The summed E-state index contributed by atoms with van der Waals surface area (Å²) in [5.74, 6) is -4.92. The number of fused-ring (bicyclic) bond motifs is 5.